The molecule has 1 saturated heterocycles. The van der Waals surface area contributed by atoms with Gasteiger partial charge in [0.2, 0.25) is 0 Å². The monoisotopic (exact) mass is 222 g/mol. The SMILES string of the molecule is Cc1cc(OC2CCOC2)ccc1C(=O)O. The molecule has 0 aliphatic carbocycles. The minimum atomic E-state index is -0.909. The van der Waals surface area contributed by atoms with Crippen LogP contribution in [0.3, 0.4) is 0 Å². The quantitative estimate of drug-likeness (QED) is 0.848. The predicted octanol–water partition coefficient (Wildman–Crippen LogP) is 1.86. The summed E-state index contributed by atoms with van der Waals surface area (Å²) in [4.78, 5) is 10.8. The lowest BCUT2D eigenvalue weighted by atomic mass is 10.1. The Balaban J connectivity index is 2.11. The second-order valence-electron chi connectivity index (χ2n) is 3.89. The van der Waals surface area contributed by atoms with Crippen LogP contribution in [0.15, 0.2) is 18.2 Å². The van der Waals surface area contributed by atoms with Gasteiger partial charge in [-0.1, -0.05) is 0 Å². The zero-order valence-electron chi connectivity index (χ0n) is 9.10. The number of ether oxygens (including phenoxy) is 2. The van der Waals surface area contributed by atoms with E-state index in [1.807, 2.05) is 0 Å². The van der Waals surface area contributed by atoms with Gasteiger partial charge >= 0.3 is 5.97 Å². The van der Waals surface area contributed by atoms with Crippen molar-refractivity contribution in [3.63, 3.8) is 0 Å². The zero-order chi connectivity index (χ0) is 11.5. The molecule has 16 heavy (non-hydrogen) atoms. The highest BCUT2D eigenvalue weighted by atomic mass is 16.5. The second kappa shape index (κ2) is 4.53. The molecule has 1 aliphatic heterocycles. The summed E-state index contributed by atoms with van der Waals surface area (Å²) in [5.41, 5.74) is 1.03. The van der Waals surface area contributed by atoms with Crippen molar-refractivity contribution in [1.82, 2.24) is 0 Å². The smallest absolute Gasteiger partial charge is 0.335 e. The normalized spacial score (nSPS) is 19.7. The van der Waals surface area contributed by atoms with E-state index in [1.165, 1.54) is 0 Å². The Kier molecular flexibility index (Phi) is 3.10. The van der Waals surface area contributed by atoms with E-state index in [4.69, 9.17) is 14.6 Å². The molecule has 4 nitrogen and oxygen atoms in total. The molecule has 86 valence electrons. The average molecular weight is 222 g/mol. The topological polar surface area (TPSA) is 55.8 Å². The molecule has 4 heteroatoms. The number of aryl methyl sites for hydroxylation is 1. The predicted molar refractivity (Wildman–Crippen MR) is 58.0 cm³/mol. The number of carbonyl (C=O) groups is 1. The molecule has 1 N–H and O–H groups in total. The Morgan fingerprint density at radius 1 is 1.56 bits per heavy atom. The third-order valence-electron chi connectivity index (χ3n) is 2.62. The number of carboxylic acid groups (broad SMARTS) is 1. The van der Waals surface area contributed by atoms with Crippen molar-refractivity contribution >= 4 is 5.97 Å². The zero-order valence-corrected chi connectivity index (χ0v) is 9.10. The Morgan fingerprint density at radius 3 is 2.94 bits per heavy atom. The van der Waals surface area contributed by atoms with Crippen molar-refractivity contribution in [1.29, 1.82) is 0 Å². The fraction of sp³-hybridized carbons (Fsp3) is 0.417. The van der Waals surface area contributed by atoms with Gasteiger partial charge in [0.1, 0.15) is 11.9 Å². The summed E-state index contributed by atoms with van der Waals surface area (Å²) < 4.78 is 10.9. The minimum Gasteiger partial charge on any atom is -0.488 e. The highest BCUT2D eigenvalue weighted by Crippen LogP contribution is 2.20. The van der Waals surface area contributed by atoms with E-state index in [9.17, 15) is 4.79 Å². The van der Waals surface area contributed by atoms with Crippen LogP contribution in [-0.2, 0) is 4.74 Å². The summed E-state index contributed by atoms with van der Waals surface area (Å²) in [7, 11) is 0. The van der Waals surface area contributed by atoms with Crippen LogP contribution in [-0.4, -0.2) is 30.4 Å². The summed E-state index contributed by atoms with van der Waals surface area (Å²) in [6, 6.07) is 5.01. The van der Waals surface area contributed by atoms with E-state index >= 15 is 0 Å². The van der Waals surface area contributed by atoms with E-state index in [-0.39, 0.29) is 6.10 Å². The fourth-order valence-electron chi connectivity index (χ4n) is 1.75. The molecule has 0 spiro atoms. The first-order valence-electron chi connectivity index (χ1n) is 5.25. The van der Waals surface area contributed by atoms with Crippen LogP contribution in [0.4, 0.5) is 0 Å². The summed E-state index contributed by atoms with van der Waals surface area (Å²) in [5.74, 6) is -0.203. The Bertz CT molecular complexity index is 394. The molecule has 1 aromatic carbocycles. The van der Waals surface area contributed by atoms with E-state index in [0.29, 0.717) is 23.5 Å². The third-order valence-corrected chi connectivity index (χ3v) is 2.62. The number of hydrogen-bond donors (Lipinski definition) is 1. The largest absolute Gasteiger partial charge is 0.488 e. The van der Waals surface area contributed by atoms with Crippen LogP contribution in [0.5, 0.6) is 5.75 Å². The molecule has 1 aromatic rings. The van der Waals surface area contributed by atoms with Crippen LogP contribution in [0.25, 0.3) is 0 Å². The van der Waals surface area contributed by atoms with Crippen molar-refractivity contribution < 1.29 is 19.4 Å². The number of carboxylic acids is 1. The van der Waals surface area contributed by atoms with Gasteiger partial charge < -0.3 is 14.6 Å². The van der Waals surface area contributed by atoms with Gasteiger partial charge in [-0.2, -0.15) is 0 Å². The highest BCUT2D eigenvalue weighted by Gasteiger charge is 2.17. The molecule has 1 aliphatic rings. The summed E-state index contributed by atoms with van der Waals surface area (Å²) in [5, 5.41) is 8.88. The first-order chi connectivity index (χ1) is 7.66. The van der Waals surface area contributed by atoms with Crippen LogP contribution < -0.4 is 4.74 Å². The molecule has 0 amide bonds. The molecular weight excluding hydrogens is 208 g/mol. The summed E-state index contributed by atoms with van der Waals surface area (Å²) >= 11 is 0. The summed E-state index contributed by atoms with van der Waals surface area (Å²) in [6.45, 7) is 3.11. The Morgan fingerprint density at radius 2 is 2.38 bits per heavy atom. The molecule has 0 aromatic heterocycles. The number of aromatic carboxylic acids is 1. The van der Waals surface area contributed by atoms with Gasteiger partial charge in [0.25, 0.3) is 0 Å². The van der Waals surface area contributed by atoms with Gasteiger partial charge in [-0.15, -0.1) is 0 Å². The number of hydrogen-bond acceptors (Lipinski definition) is 3. The summed E-state index contributed by atoms with van der Waals surface area (Å²) in [6.07, 6.45) is 0.981. The van der Waals surface area contributed by atoms with E-state index in [2.05, 4.69) is 0 Å². The van der Waals surface area contributed by atoms with Crippen molar-refractivity contribution in [3.8, 4) is 5.75 Å². The van der Waals surface area contributed by atoms with Crippen molar-refractivity contribution in [3.05, 3.63) is 29.3 Å². The molecule has 0 bridgehead atoms. The second-order valence-corrected chi connectivity index (χ2v) is 3.89. The number of benzene rings is 1. The molecule has 0 saturated carbocycles. The third kappa shape index (κ3) is 2.33. The molecule has 1 unspecified atom stereocenters. The molecule has 1 fully saturated rings. The van der Waals surface area contributed by atoms with E-state index < -0.39 is 5.97 Å². The molecule has 2 rings (SSSR count). The van der Waals surface area contributed by atoms with Crippen LogP contribution in [0.1, 0.15) is 22.3 Å². The first-order valence-corrected chi connectivity index (χ1v) is 5.25. The van der Waals surface area contributed by atoms with Crippen molar-refractivity contribution in [2.24, 2.45) is 0 Å². The number of rotatable bonds is 3. The van der Waals surface area contributed by atoms with E-state index in [1.54, 1.807) is 25.1 Å². The molecule has 1 heterocycles. The van der Waals surface area contributed by atoms with Crippen LogP contribution >= 0.6 is 0 Å². The standard InChI is InChI=1S/C12H14O4/c1-8-6-9(2-3-11(8)12(13)14)16-10-4-5-15-7-10/h2-3,6,10H,4-5,7H2,1H3,(H,13,14). The maximum absolute atomic E-state index is 10.8. The maximum atomic E-state index is 10.8. The molecule has 0 radical (unpaired) electrons. The van der Waals surface area contributed by atoms with Gasteiger partial charge in [-0.3, -0.25) is 0 Å². The van der Waals surface area contributed by atoms with Gasteiger partial charge in [0.05, 0.1) is 18.8 Å². The molecule has 1 atom stereocenters. The van der Waals surface area contributed by atoms with Crippen LogP contribution in [0, 0.1) is 6.92 Å². The average Bonchev–Trinajstić information content (AvgIpc) is 2.70. The Hall–Kier alpha value is -1.55. The van der Waals surface area contributed by atoms with Crippen LogP contribution in [0.2, 0.25) is 0 Å². The lowest BCUT2D eigenvalue weighted by Gasteiger charge is -2.12. The van der Waals surface area contributed by atoms with Gasteiger partial charge in [0, 0.05) is 6.42 Å². The fourth-order valence-corrected chi connectivity index (χ4v) is 1.75. The van der Waals surface area contributed by atoms with Gasteiger partial charge in [-0.05, 0) is 30.7 Å². The maximum Gasteiger partial charge on any atom is 0.335 e. The van der Waals surface area contributed by atoms with Gasteiger partial charge in [0.15, 0.2) is 0 Å². The highest BCUT2D eigenvalue weighted by molar-refractivity contribution is 5.89. The lowest BCUT2D eigenvalue weighted by Crippen LogP contribution is -2.15. The van der Waals surface area contributed by atoms with Crippen molar-refractivity contribution in [2.75, 3.05) is 13.2 Å². The van der Waals surface area contributed by atoms with Crippen molar-refractivity contribution in [2.45, 2.75) is 19.4 Å². The lowest BCUT2D eigenvalue weighted by molar-refractivity contribution is 0.0696. The van der Waals surface area contributed by atoms with Gasteiger partial charge in [-0.25, -0.2) is 4.79 Å². The van der Waals surface area contributed by atoms with E-state index in [0.717, 1.165) is 13.0 Å². The first kappa shape index (κ1) is 11.0. The Labute approximate surface area is 93.8 Å². The molecular formula is C12H14O4. The minimum absolute atomic E-state index is 0.0927.